The van der Waals surface area contributed by atoms with E-state index in [9.17, 15) is 0 Å². The van der Waals surface area contributed by atoms with Gasteiger partial charge in [0.25, 0.3) is 0 Å². The van der Waals surface area contributed by atoms with Crippen LogP contribution in [0.2, 0.25) is 5.02 Å². The van der Waals surface area contributed by atoms with E-state index in [1.165, 1.54) is 11.8 Å². The maximum absolute atomic E-state index is 6.19. The second kappa shape index (κ2) is 9.40. The first-order chi connectivity index (χ1) is 15.1. The number of thioether (sulfide) groups is 1. The van der Waals surface area contributed by atoms with Crippen LogP contribution in [0.15, 0.2) is 52.0 Å². The summed E-state index contributed by atoms with van der Waals surface area (Å²) in [5.74, 6) is 3.49. The number of halogens is 1. The maximum atomic E-state index is 6.19. The highest BCUT2D eigenvalue weighted by Gasteiger charge is 2.18. The Labute approximate surface area is 188 Å². The van der Waals surface area contributed by atoms with E-state index in [1.54, 1.807) is 20.3 Å². The molecule has 0 unspecified atom stereocenters. The molecule has 8 nitrogen and oxygen atoms in total. The van der Waals surface area contributed by atoms with Gasteiger partial charge in [0.1, 0.15) is 11.5 Å². The van der Waals surface area contributed by atoms with Crippen LogP contribution < -0.4 is 9.47 Å². The van der Waals surface area contributed by atoms with E-state index < -0.39 is 0 Å². The Kier molecular flexibility index (Phi) is 6.43. The predicted molar refractivity (Wildman–Crippen MR) is 119 cm³/mol. The van der Waals surface area contributed by atoms with Gasteiger partial charge in [-0.3, -0.25) is 0 Å². The van der Waals surface area contributed by atoms with Gasteiger partial charge in [0.15, 0.2) is 11.0 Å². The van der Waals surface area contributed by atoms with E-state index in [-0.39, 0.29) is 0 Å². The first-order valence-corrected chi connectivity index (χ1v) is 10.9. The number of hydrogen-bond acceptors (Lipinski definition) is 8. The van der Waals surface area contributed by atoms with Crippen molar-refractivity contribution in [2.45, 2.75) is 24.4 Å². The lowest BCUT2D eigenvalue weighted by molar-refractivity contribution is 0.414. The second-order valence-corrected chi connectivity index (χ2v) is 7.80. The zero-order valence-electron chi connectivity index (χ0n) is 17.2. The number of ether oxygens (including phenoxy) is 2. The number of aromatic nitrogens is 5. The molecule has 0 bridgehead atoms. The average molecular weight is 458 g/mol. The summed E-state index contributed by atoms with van der Waals surface area (Å²) in [6, 6.07) is 12.9. The molecule has 2 heterocycles. The Morgan fingerprint density at radius 2 is 1.90 bits per heavy atom. The molecule has 0 spiro atoms. The second-order valence-electron chi connectivity index (χ2n) is 6.42. The quantitative estimate of drug-likeness (QED) is 0.342. The summed E-state index contributed by atoms with van der Waals surface area (Å²) < 4.78 is 18.5. The summed E-state index contributed by atoms with van der Waals surface area (Å²) in [4.78, 5) is 0. The fourth-order valence-corrected chi connectivity index (χ4v) is 4.06. The van der Waals surface area contributed by atoms with Gasteiger partial charge in [0, 0.05) is 17.1 Å². The number of benzene rings is 2. The van der Waals surface area contributed by atoms with E-state index in [2.05, 4.69) is 20.4 Å². The Hall–Kier alpha value is -3.04. The Balaban J connectivity index is 1.54. The molecule has 0 aliphatic rings. The van der Waals surface area contributed by atoms with Gasteiger partial charge in [-0.15, -0.1) is 20.4 Å². The molecule has 0 atom stereocenters. The fraction of sp³-hybridized carbons (Fsp3) is 0.238. The van der Waals surface area contributed by atoms with Crippen molar-refractivity contribution < 1.29 is 13.9 Å². The summed E-state index contributed by atoms with van der Waals surface area (Å²) in [7, 11) is 3.23. The third-order valence-electron chi connectivity index (χ3n) is 4.54. The maximum Gasteiger partial charge on any atom is 0.247 e. The third-order valence-corrected chi connectivity index (χ3v) is 5.73. The van der Waals surface area contributed by atoms with E-state index in [4.69, 9.17) is 25.5 Å². The van der Waals surface area contributed by atoms with Crippen LogP contribution in [0.3, 0.4) is 0 Å². The van der Waals surface area contributed by atoms with Gasteiger partial charge < -0.3 is 18.5 Å². The number of nitrogens with zero attached hydrogens (tertiary/aromatic N) is 5. The minimum atomic E-state index is 0.441. The first-order valence-electron chi connectivity index (χ1n) is 9.49. The average Bonchev–Trinajstić information content (AvgIpc) is 3.44. The highest BCUT2D eigenvalue weighted by atomic mass is 35.5. The van der Waals surface area contributed by atoms with Crippen molar-refractivity contribution in [3.05, 3.63) is 53.4 Å². The Morgan fingerprint density at radius 3 is 2.68 bits per heavy atom. The molecule has 0 saturated heterocycles. The van der Waals surface area contributed by atoms with E-state index >= 15 is 0 Å². The summed E-state index contributed by atoms with van der Waals surface area (Å²) in [5, 5.41) is 18.3. The monoisotopic (exact) mass is 457 g/mol. The van der Waals surface area contributed by atoms with Gasteiger partial charge in [-0.05, 0) is 43.3 Å². The van der Waals surface area contributed by atoms with Crippen LogP contribution in [0.1, 0.15) is 12.8 Å². The third kappa shape index (κ3) is 4.52. The molecule has 4 aromatic rings. The molecule has 0 aliphatic heterocycles. The zero-order chi connectivity index (χ0) is 21.8. The summed E-state index contributed by atoms with van der Waals surface area (Å²) in [6.07, 6.45) is 0. The molecule has 10 heteroatoms. The van der Waals surface area contributed by atoms with Crippen LogP contribution in [-0.4, -0.2) is 39.2 Å². The van der Waals surface area contributed by atoms with Crippen molar-refractivity contribution >= 4 is 23.4 Å². The van der Waals surface area contributed by atoms with Crippen LogP contribution in [0.25, 0.3) is 22.8 Å². The van der Waals surface area contributed by atoms with Crippen molar-refractivity contribution in [2.75, 3.05) is 14.2 Å². The van der Waals surface area contributed by atoms with Gasteiger partial charge in [0.2, 0.25) is 11.8 Å². The molecule has 2 aromatic carbocycles. The smallest absolute Gasteiger partial charge is 0.247 e. The van der Waals surface area contributed by atoms with Crippen molar-refractivity contribution in [3.8, 4) is 34.3 Å². The highest BCUT2D eigenvalue weighted by molar-refractivity contribution is 7.98. The largest absolute Gasteiger partial charge is 0.497 e. The number of hydrogen-bond donors (Lipinski definition) is 0. The zero-order valence-corrected chi connectivity index (χ0v) is 18.8. The Morgan fingerprint density at radius 1 is 1.03 bits per heavy atom. The number of methoxy groups -OCH3 is 2. The molecule has 0 fully saturated rings. The molecule has 0 aliphatic carbocycles. The molecular formula is C21H20ClN5O3S. The first kappa shape index (κ1) is 21.2. The van der Waals surface area contributed by atoms with Gasteiger partial charge in [0.05, 0.1) is 25.5 Å². The van der Waals surface area contributed by atoms with Crippen molar-refractivity contribution in [3.63, 3.8) is 0 Å². The van der Waals surface area contributed by atoms with Crippen LogP contribution in [0, 0.1) is 0 Å². The predicted octanol–water partition coefficient (Wildman–Crippen LogP) is 4.98. The highest BCUT2D eigenvalue weighted by Crippen LogP contribution is 2.34. The summed E-state index contributed by atoms with van der Waals surface area (Å²) >= 11 is 7.65. The SMILES string of the molecule is CCn1c(SCc2nnc(-c3cccc(OC)c3)o2)nnc1-c1cc(Cl)ccc1OC. The van der Waals surface area contributed by atoms with Crippen molar-refractivity contribution in [1.82, 2.24) is 25.0 Å². The molecule has 0 saturated carbocycles. The standard InChI is InChI=1S/C21H20ClN5O3S/c1-4-27-19(16-11-14(22)8-9-17(16)29-3)24-26-21(27)31-12-18-23-25-20(30-18)13-6-5-7-15(10-13)28-2/h5-11H,4,12H2,1-3H3. The molecule has 0 amide bonds. The lowest BCUT2D eigenvalue weighted by Crippen LogP contribution is -2.01. The van der Waals surface area contributed by atoms with Gasteiger partial charge >= 0.3 is 0 Å². The van der Waals surface area contributed by atoms with Crippen molar-refractivity contribution in [1.29, 1.82) is 0 Å². The lowest BCUT2D eigenvalue weighted by atomic mass is 10.2. The minimum Gasteiger partial charge on any atom is -0.497 e. The van der Waals surface area contributed by atoms with Gasteiger partial charge in [-0.1, -0.05) is 29.4 Å². The van der Waals surface area contributed by atoms with E-state index in [1.807, 2.05) is 47.9 Å². The lowest BCUT2D eigenvalue weighted by Gasteiger charge is -2.10. The van der Waals surface area contributed by atoms with Crippen LogP contribution in [0.4, 0.5) is 0 Å². The normalized spacial score (nSPS) is 11.0. The molecule has 2 aromatic heterocycles. The summed E-state index contributed by atoms with van der Waals surface area (Å²) in [5.41, 5.74) is 1.59. The Bertz CT molecular complexity index is 1190. The van der Waals surface area contributed by atoms with Crippen LogP contribution in [-0.2, 0) is 12.3 Å². The molecule has 0 radical (unpaired) electrons. The molecule has 4 rings (SSSR count). The topological polar surface area (TPSA) is 88.1 Å². The van der Waals surface area contributed by atoms with Gasteiger partial charge in [-0.2, -0.15) is 0 Å². The van der Waals surface area contributed by atoms with Crippen LogP contribution in [0.5, 0.6) is 11.5 Å². The van der Waals surface area contributed by atoms with E-state index in [0.717, 1.165) is 22.0 Å². The molecule has 160 valence electrons. The van der Waals surface area contributed by atoms with Crippen LogP contribution >= 0.6 is 23.4 Å². The van der Waals surface area contributed by atoms with E-state index in [0.29, 0.717) is 40.7 Å². The van der Waals surface area contributed by atoms with Gasteiger partial charge in [-0.25, -0.2) is 0 Å². The van der Waals surface area contributed by atoms with Crippen molar-refractivity contribution in [2.24, 2.45) is 0 Å². The molecule has 31 heavy (non-hydrogen) atoms. The minimum absolute atomic E-state index is 0.441. The fourth-order valence-electron chi connectivity index (χ4n) is 3.05. The summed E-state index contributed by atoms with van der Waals surface area (Å²) in [6.45, 7) is 2.71. The molecular weight excluding hydrogens is 438 g/mol. The number of rotatable bonds is 8. The molecule has 0 N–H and O–H groups in total.